The second kappa shape index (κ2) is 10.8. The molecule has 120 valence electrons. The predicted molar refractivity (Wildman–Crippen MR) is 88.9 cm³/mol. The molecule has 1 unspecified atom stereocenters. The summed E-state index contributed by atoms with van der Waals surface area (Å²) >= 11 is 0. The number of hydrogen-bond acceptors (Lipinski definition) is 3. The van der Waals surface area contributed by atoms with Crippen molar-refractivity contribution >= 4 is 0 Å². The summed E-state index contributed by atoms with van der Waals surface area (Å²) in [7, 11) is 0. The van der Waals surface area contributed by atoms with Crippen LogP contribution < -0.4 is 5.32 Å². The molecule has 0 aliphatic carbocycles. The van der Waals surface area contributed by atoms with Gasteiger partial charge in [0.15, 0.2) is 0 Å². The first-order valence-electron chi connectivity index (χ1n) is 8.17. The minimum Gasteiger partial charge on any atom is -0.379 e. The standard InChI is InChI=1S/C18H31NO2/c1-5-11-19-18(14-21-13-12-20-6-2)17-9-7-16(8-10-17)15(3)4/h7-10,15,18-19H,5-6,11-14H2,1-4H3. The van der Waals surface area contributed by atoms with Gasteiger partial charge in [0.25, 0.3) is 0 Å². The van der Waals surface area contributed by atoms with Crippen LogP contribution in [0.1, 0.15) is 57.2 Å². The van der Waals surface area contributed by atoms with E-state index in [0.29, 0.717) is 25.7 Å². The Balaban J connectivity index is 2.54. The van der Waals surface area contributed by atoms with E-state index in [4.69, 9.17) is 9.47 Å². The SMILES string of the molecule is CCCNC(COCCOCC)c1ccc(C(C)C)cc1. The molecule has 0 saturated heterocycles. The third-order valence-electron chi connectivity index (χ3n) is 3.51. The molecule has 0 spiro atoms. The molecule has 1 aromatic carbocycles. The number of ether oxygens (including phenoxy) is 2. The lowest BCUT2D eigenvalue weighted by atomic mass is 9.99. The molecular weight excluding hydrogens is 262 g/mol. The van der Waals surface area contributed by atoms with Gasteiger partial charge in [0.05, 0.1) is 25.9 Å². The van der Waals surface area contributed by atoms with Crippen LogP contribution in [0.15, 0.2) is 24.3 Å². The van der Waals surface area contributed by atoms with E-state index in [1.807, 2.05) is 6.92 Å². The van der Waals surface area contributed by atoms with E-state index >= 15 is 0 Å². The van der Waals surface area contributed by atoms with Gasteiger partial charge in [-0.2, -0.15) is 0 Å². The minimum absolute atomic E-state index is 0.257. The van der Waals surface area contributed by atoms with Gasteiger partial charge < -0.3 is 14.8 Å². The van der Waals surface area contributed by atoms with Crippen LogP contribution >= 0.6 is 0 Å². The Hall–Kier alpha value is -0.900. The second-order valence-corrected chi connectivity index (χ2v) is 5.60. The fraction of sp³-hybridized carbons (Fsp3) is 0.667. The normalized spacial score (nSPS) is 12.8. The quantitative estimate of drug-likeness (QED) is 0.628. The summed E-state index contributed by atoms with van der Waals surface area (Å²) < 4.78 is 11.0. The van der Waals surface area contributed by atoms with Crippen LogP contribution in [0.4, 0.5) is 0 Å². The molecule has 0 bridgehead atoms. The minimum atomic E-state index is 0.257. The van der Waals surface area contributed by atoms with Crippen molar-refractivity contribution in [3.8, 4) is 0 Å². The molecule has 1 atom stereocenters. The maximum absolute atomic E-state index is 5.74. The average molecular weight is 293 g/mol. The van der Waals surface area contributed by atoms with E-state index in [-0.39, 0.29) is 6.04 Å². The summed E-state index contributed by atoms with van der Waals surface area (Å²) in [5.41, 5.74) is 2.68. The molecule has 0 radical (unpaired) electrons. The summed E-state index contributed by atoms with van der Waals surface area (Å²) in [5, 5.41) is 3.56. The molecular formula is C18H31NO2. The van der Waals surface area contributed by atoms with Crippen LogP contribution in [0.5, 0.6) is 0 Å². The summed E-state index contributed by atoms with van der Waals surface area (Å²) in [6.45, 7) is 12.4. The van der Waals surface area contributed by atoms with Crippen LogP contribution in [0, 0.1) is 0 Å². The molecule has 3 nitrogen and oxygen atoms in total. The van der Waals surface area contributed by atoms with Crippen molar-refractivity contribution in [3.05, 3.63) is 35.4 Å². The Morgan fingerprint density at radius 2 is 1.57 bits per heavy atom. The molecule has 0 aromatic heterocycles. The van der Waals surface area contributed by atoms with Crippen molar-refractivity contribution < 1.29 is 9.47 Å². The highest BCUT2D eigenvalue weighted by Gasteiger charge is 2.11. The highest BCUT2D eigenvalue weighted by Crippen LogP contribution is 2.19. The van der Waals surface area contributed by atoms with E-state index < -0.39 is 0 Å². The Kier molecular flexibility index (Phi) is 9.31. The molecule has 0 amide bonds. The Labute approximate surface area is 130 Å². The van der Waals surface area contributed by atoms with Gasteiger partial charge in [0, 0.05) is 6.61 Å². The van der Waals surface area contributed by atoms with Gasteiger partial charge in [0.2, 0.25) is 0 Å². The van der Waals surface area contributed by atoms with Crippen molar-refractivity contribution in [1.29, 1.82) is 0 Å². The topological polar surface area (TPSA) is 30.5 Å². The average Bonchev–Trinajstić information content (AvgIpc) is 2.50. The third kappa shape index (κ3) is 7.07. The molecule has 1 rings (SSSR count). The van der Waals surface area contributed by atoms with Gasteiger partial charge in [-0.3, -0.25) is 0 Å². The van der Waals surface area contributed by atoms with Crippen LogP contribution in [0.25, 0.3) is 0 Å². The fourth-order valence-corrected chi connectivity index (χ4v) is 2.17. The lowest BCUT2D eigenvalue weighted by molar-refractivity contribution is 0.0433. The van der Waals surface area contributed by atoms with E-state index in [0.717, 1.165) is 19.6 Å². The molecule has 0 fully saturated rings. The molecule has 1 aromatic rings. The summed E-state index contributed by atoms with van der Waals surface area (Å²) in [6.07, 6.45) is 1.12. The van der Waals surface area contributed by atoms with Crippen LogP contribution in [-0.2, 0) is 9.47 Å². The lowest BCUT2D eigenvalue weighted by Gasteiger charge is -2.20. The van der Waals surface area contributed by atoms with Crippen LogP contribution in [-0.4, -0.2) is 33.0 Å². The van der Waals surface area contributed by atoms with Crippen molar-refractivity contribution in [3.63, 3.8) is 0 Å². The monoisotopic (exact) mass is 293 g/mol. The van der Waals surface area contributed by atoms with Crippen LogP contribution in [0.2, 0.25) is 0 Å². The number of hydrogen-bond donors (Lipinski definition) is 1. The van der Waals surface area contributed by atoms with E-state index in [1.54, 1.807) is 0 Å². The van der Waals surface area contributed by atoms with Gasteiger partial charge >= 0.3 is 0 Å². The van der Waals surface area contributed by atoms with Gasteiger partial charge in [-0.25, -0.2) is 0 Å². The molecule has 3 heteroatoms. The summed E-state index contributed by atoms with van der Waals surface area (Å²) in [5.74, 6) is 0.573. The zero-order valence-electron chi connectivity index (χ0n) is 14.0. The Morgan fingerprint density at radius 1 is 0.952 bits per heavy atom. The van der Waals surface area contributed by atoms with E-state index in [9.17, 15) is 0 Å². The van der Waals surface area contributed by atoms with Gasteiger partial charge in [-0.1, -0.05) is 45.0 Å². The van der Waals surface area contributed by atoms with Gasteiger partial charge in [-0.05, 0) is 36.9 Å². The van der Waals surface area contributed by atoms with Crippen molar-refractivity contribution in [2.75, 3.05) is 33.0 Å². The Bertz CT molecular complexity index is 362. The maximum Gasteiger partial charge on any atom is 0.0701 e. The van der Waals surface area contributed by atoms with E-state index in [2.05, 4.69) is 50.4 Å². The molecule has 0 aliphatic rings. The molecule has 1 N–H and O–H groups in total. The van der Waals surface area contributed by atoms with Gasteiger partial charge in [0.1, 0.15) is 0 Å². The fourth-order valence-electron chi connectivity index (χ4n) is 2.17. The van der Waals surface area contributed by atoms with Gasteiger partial charge in [-0.15, -0.1) is 0 Å². The van der Waals surface area contributed by atoms with Crippen molar-refractivity contribution in [1.82, 2.24) is 5.32 Å². The smallest absolute Gasteiger partial charge is 0.0701 e. The predicted octanol–water partition coefficient (Wildman–Crippen LogP) is 3.90. The molecule has 0 saturated carbocycles. The number of benzene rings is 1. The van der Waals surface area contributed by atoms with Crippen molar-refractivity contribution in [2.45, 2.75) is 46.1 Å². The van der Waals surface area contributed by atoms with Crippen molar-refractivity contribution in [2.24, 2.45) is 0 Å². The number of rotatable bonds is 11. The zero-order chi connectivity index (χ0) is 15.5. The number of nitrogens with one attached hydrogen (secondary N) is 1. The second-order valence-electron chi connectivity index (χ2n) is 5.60. The molecule has 0 heterocycles. The third-order valence-corrected chi connectivity index (χ3v) is 3.51. The highest BCUT2D eigenvalue weighted by molar-refractivity contribution is 5.27. The van der Waals surface area contributed by atoms with E-state index in [1.165, 1.54) is 11.1 Å². The first-order valence-corrected chi connectivity index (χ1v) is 8.17. The molecule has 21 heavy (non-hydrogen) atoms. The lowest BCUT2D eigenvalue weighted by Crippen LogP contribution is -2.27. The largest absolute Gasteiger partial charge is 0.379 e. The highest BCUT2D eigenvalue weighted by atomic mass is 16.5. The van der Waals surface area contributed by atoms with Crippen LogP contribution in [0.3, 0.4) is 0 Å². The Morgan fingerprint density at radius 3 is 2.14 bits per heavy atom. The summed E-state index contributed by atoms with van der Waals surface area (Å²) in [6, 6.07) is 9.14. The first-order chi connectivity index (χ1) is 10.2. The molecule has 0 aliphatic heterocycles. The first kappa shape index (κ1) is 18.1. The zero-order valence-corrected chi connectivity index (χ0v) is 14.0. The maximum atomic E-state index is 5.74. The summed E-state index contributed by atoms with van der Waals surface area (Å²) in [4.78, 5) is 0.